The SMILES string of the molecule is CC(C)(C)NC(=O)NC(=O)COC(=O)C=Cc1ccc(S(=O)(=O)N2CCOCC2)cc1. The van der Waals surface area contributed by atoms with Crippen molar-refractivity contribution in [3.8, 4) is 0 Å². The number of carbonyl (C=O) groups excluding carboxylic acids is 3. The third-order valence-corrected chi connectivity index (χ3v) is 5.90. The number of imide groups is 1. The van der Waals surface area contributed by atoms with Crippen molar-refractivity contribution in [2.45, 2.75) is 31.2 Å². The molecule has 1 heterocycles. The zero-order chi connectivity index (χ0) is 23.1. The van der Waals surface area contributed by atoms with Gasteiger partial charge in [-0.05, 0) is 44.5 Å². The first-order valence-corrected chi connectivity index (χ1v) is 11.1. The molecule has 0 spiro atoms. The predicted molar refractivity (Wildman–Crippen MR) is 112 cm³/mol. The van der Waals surface area contributed by atoms with Gasteiger partial charge in [0.15, 0.2) is 6.61 Å². The average Bonchev–Trinajstić information content (AvgIpc) is 2.70. The van der Waals surface area contributed by atoms with Crippen molar-refractivity contribution in [3.05, 3.63) is 35.9 Å². The van der Waals surface area contributed by atoms with Gasteiger partial charge in [-0.15, -0.1) is 0 Å². The molecular weight excluding hydrogens is 426 g/mol. The number of nitrogens with one attached hydrogen (secondary N) is 2. The number of amides is 3. The molecule has 0 radical (unpaired) electrons. The molecule has 1 saturated heterocycles. The molecule has 170 valence electrons. The Morgan fingerprint density at radius 2 is 1.74 bits per heavy atom. The van der Waals surface area contributed by atoms with Gasteiger partial charge in [-0.3, -0.25) is 10.1 Å². The molecule has 2 N–H and O–H groups in total. The molecule has 0 bridgehead atoms. The number of hydrogen-bond acceptors (Lipinski definition) is 7. The van der Waals surface area contributed by atoms with Gasteiger partial charge in [-0.25, -0.2) is 18.0 Å². The summed E-state index contributed by atoms with van der Waals surface area (Å²) in [7, 11) is -3.59. The number of carbonyl (C=O) groups is 3. The second-order valence-corrected chi connectivity index (χ2v) is 9.72. The van der Waals surface area contributed by atoms with E-state index in [9.17, 15) is 22.8 Å². The molecule has 2 rings (SSSR count). The van der Waals surface area contributed by atoms with Crippen LogP contribution in [0.15, 0.2) is 35.2 Å². The number of ether oxygens (including phenoxy) is 2. The van der Waals surface area contributed by atoms with Crippen LogP contribution in [0.3, 0.4) is 0 Å². The van der Waals surface area contributed by atoms with Gasteiger partial charge in [0.25, 0.3) is 5.91 Å². The largest absolute Gasteiger partial charge is 0.452 e. The van der Waals surface area contributed by atoms with Crippen molar-refractivity contribution in [1.82, 2.24) is 14.9 Å². The molecule has 1 aliphatic rings. The Kier molecular flexibility index (Phi) is 8.31. The monoisotopic (exact) mass is 453 g/mol. The lowest BCUT2D eigenvalue weighted by Gasteiger charge is -2.26. The number of hydrogen-bond donors (Lipinski definition) is 2. The van der Waals surface area contributed by atoms with Crippen molar-refractivity contribution in [3.63, 3.8) is 0 Å². The number of morpholine rings is 1. The molecule has 11 heteroatoms. The Hall–Kier alpha value is -2.76. The zero-order valence-corrected chi connectivity index (χ0v) is 18.5. The minimum atomic E-state index is -3.59. The first-order chi connectivity index (χ1) is 14.5. The summed E-state index contributed by atoms with van der Waals surface area (Å²) in [5, 5.41) is 4.60. The van der Waals surface area contributed by atoms with E-state index in [0.29, 0.717) is 31.9 Å². The second-order valence-electron chi connectivity index (χ2n) is 7.78. The smallest absolute Gasteiger partial charge is 0.331 e. The third-order valence-electron chi connectivity index (χ3n) is 3.99. The van der Waals surface area contributed by atoms with E-state index in [1.165, 1.54) is 22.5 Å². The molecule has 0 aliphatic carbocycles. The Morgan fingerprint density at radius 1 is 1.13 bits per heavy atom. The minimum absolute atomic E-state index is 0.152. The lowest BCUT2D eigenvalue weighted by molar-refractivity contribution is -0.143. The van der Waals surface area contributed by atoms with Crippen LogP contribution in [-0.2, 0) is 29.1 Å². The molecule has 1 aromatic rings. The first-order valence-electron chi connectivity index (χ1n) is 9.62. The number of sulfonamides is 1. The summed E-state index contributed by atoms with van der Waals surface area (Å²) in [6.45, 7) is 5.99. The highest BCUT2D eigenvalue weighted by Crippen LogP contribution is 2.18. The van der Waals surface area contributed by atoms with Gasteiger partial charge < -0.3 is 14.8 Å². The van der Waals surface area contributed by atoms with Crippen molar-refractivity contribution in [1.29, 1.82) is 0 Å². The van der Waals surface area contributed by atoms with Gasteiger partial charge in [0.05, 0.1) is 18.1 Å². The van der Waals surface area contributed by atoms with E-state index in [2.05, 4.69) is 10.6 Å². The van der Waals surface area contributed by atoms with E-state index in [-0.39, 0.29) is 4.90 Å². The quantitative estimate of drug-likeness (QED) is 0.483. The van der Waals surface area contributed by atoms with Crippen LogP contribution in [0, 0.1) is 0 Å². The predicted octanol–water partition coefficient (Wildman–Crippen LogP) is 0.888. The highest BCUT2D eigenvalue weighted by atomic mass is 32.2. The van der Waals surface area contributed by atoms with Crippen molar-refractivity contribution in [2.24, 2.45) is 0 Å². The van der Waals surface area contributed by atoms with E-state index in [1.54, 1.807) is 32.9 Å². The summed E-state index contributed by atoms with van der Waals surface area (Å²) in [5.41, 5.74) is 0.0628. The van der Waals surface area contributed by atoms with Crippen LogP contribution < -0.4 is 10.6 Å². The summed E-state index contributed by atoms with van der Waals surface area (Å²) >= 11 is 0. The van der Waals surface area contributed by atoms with Crippen LogP contribution in [0.25, 0.3) is 6.08 Å². The normalized spacial score (nSPS) is 15.5. The van der Waals surface area contributed by atoms with Crippen molar-refractivity contribution in [2.75, 3.05) is 32.9 Å². The van der Waals surface area contributed by atoms with Crippen LogP contribution in [0.1, 0.15) is 26.3 Å². The van der Waals surface area contributed by atoms with Gasteiger partial charge in [0, 0.05) is 24.7 Å². The van der Waals surface area contributed by atoms with Crippen molar-refractivity contribution < 1.29 is 32.3 Å². The van der Waals surface area contributed by atoms with Crippen molar-refractivity contribution >= 4 is 34.0 Å². The molecule has 31 heavy (non-hydrogen) atoms. The van der Waals surface area contributed by atoms with Gasteiger partial charge in [-0.2, -0.15) is 4.31 Å². The maximum absolute atomic E-state index is 12.6. The second kappa shape index (κ2) is 10.5. The molecule has 3 amide bonds. The van der Waals surface area contributed by atoms with E-state index in [1.807, 2.05) is 0 Å². The lowest BCUT2D eigenvalue weighted by atomic mass is 10.1. The maximum Gasteiger partial charge on any atom is 0.331 e. The van der Waals surface area contributed by atoms with E-state index in [0.717, 1.165) is 6.08 Å². The molecule has 0 aromatic heterocycles. The number of urea groups is 1. The van der Waals surface area contributed by atoms with Crippen LogP contribution in [0.2, 0.25) is 0 Å². The topological polar surface area (TPSA) is 131 Å². The summed E-state index contributed by atoms with van der Waals surface area (Å²) < 4.78 is 36.5. The molecule has 1 aromatic carbocycles. The Bertz CT molecular complexity index is 929. The van der Waals surface area contributed by atoms with E-state index >= 15 is 0 Å². The molecule has 1 aliphatic heterocycles. The highest BCUT2D eigenvalue weighted by Gasteiger charge is 2.26. The standard InChI is InChI=1S/C20H27N3O7S/c1-20(2,3)22-19(26)21-17(24)14-30-18(25)9-6-15-4-7-16(8-5-15)31(27,28)23-10-12-29-13-11-23/h4-9H,10-14H2,1-3H3,(H2,21,22,24,26). The zero-order valence-electron chi connectivity index (χ0n) is 17.7. The van der Waals surface area contributed by atoms with E-state index < -0.39 is 40.1 Å². The summed E-state index contributed by atoms with van der Waals surface area (Å²) in [5.74, 6) is -1.54. The Balaban J connectivity index is 1.84. The third kappa shape index (κ3) is 8.12. The molecule has 0 unspecified atom stereocenters. The summed E-state index contributed by atoms with van der Waals surface area (Å²) in [4.78, 5) is 35.1. The molecule has 0 atom stereocenters. The van der Waals surface area contributed by atoms with Crippen LogP contribution in [-0.4, -0.2) is 69.1 Å². The summed E-state index contributed by atoms with van der Waals surface area (Å²) in [6, 6.07) is 5.34. The van der Waals surface area contributed by atoms with E-state index in [4.69, 9.17) is 9.47 Å². The molecule has 10 nitrogen and oxygen atoms in total. The highest BCUT2D eigenvalue weighted by molar-refractivity contribution is 7.89. The first kappa shape index (κ1) is 24.5. The fraction of sp³-hybridized carbons (Fsp3) is 0.450. The fourth-order valence-electron chi connectivity index (χ4n) is 2.57. The number of benzene rings is 1. The minimum Gasteiger partial charge on any atom is -0.452 e. The lowest BCUT2D eigenvalue weighted by Crippen LogP contribution is -2.49. The van der Waals surface area contributed by atoms with Gasteiger partial charge in [0.2, 0.25) is 10.0 Å². The van der Waals surface area contributed by atoms with Crippen LogP contribution in [0.5, 0.6) is 0 Å². The van der Waals surface area contributed by atoms with Crippen LogP contribution >= 0.6 is 0 Å². The van der Waals surface area contributed by atoms with Gasteiger partial charge in [-0.1, -0.05) is 12.1 Å². The Morgan fingerprint density at radius 3 is 2.32 bits per heavy atom. The average molecular weight is 454 g/mol. The molecule has 1 fully saturated rings. The molecule has 0 saturated carbocycles. The summed E-state index contributed by atoms with van der Waals surface area (Å²) in [6.07, 6.45) is 2.53. The number of esters is 1. The maximum atomic E-state index is 12.6. The number of nitrogens with zero attached hydrogens (tertiary/aromatic N) is 1. The number of rotatable bonds is 6. The Labute approximate surface area is 181 Å². The van der Waals surface area contributed by atoms with Crippen LogP contribution in [0.4, 0.5) is 4.79 Å². The molecular formula is C20H27N3O7S. The van der Waals surface area contributed by atoms with Gasteiger partial charge in [0.1, 0.15) is 0 Å². The van der Waals surface area contributed by atoms with Gasteiger partial charge >= 0.3 is 12.0 Å². The fourth-order valence-corrected chi connectivity index (χ4v) is 3.98.